The molecule has 1 aliphatic heterocycles. The molecular weight excluding hydrogens is 493 g/mol. The van der Waals surface area contributed by atoms with Crippen LogP contribution in [0, 0.1) is 17.7 Å². The Bertz CT molecular complexity index is 1340. The summed E-state index contributed by atoms with van der Waals surface area (Å²) < 4.78 is 47.7. The molecule has 0 bridgehead atoms. The number of anilines is 1. The molecule has 0 radical (unpaired) electrons. The highest BCUT2D eigenvalue weighted by atomic mass is 32.2. The predicted molar refractivity (Wildman–Crippen MR) is 129 cm³/mol. The number of carbonyl (C=O) groups is 1. The third-order valence-corrected chi connectivity index (χ3v) is 9.25. The predicted octanol–water partition coefficient (Wildman–Crippen LogP) is 3.26. The number of nitrogens with one attached hydrogen (secondary N) is 3. The average molecular weight is 518 g/mol. The molecule has 2 fully saturated rings. The normalized spacial score (nSPS) is 24.3. The Kier molecular flexibility index (Phi) is 6.43. The summed E-state index contributed by atoms with van der Waals surface area (Å²) in [7, 11) is -2.15. The number of amides is 1. The molecule has 2 aliphatic rings. The third kappa shape index (κ3) is 4.73. The van der Waals surface area contributed by atoms with Gasteiger partial charge in [0.05, 0.1) is 18.4 Å². The number of hydrogen-bond donors (Lipinski definition) is 3. The molecule has 1 amide bonds. The van der Waals surface area contributed by atoms with Crippen molar-refractivity contribution >= 4 is 32.4 Å². The molecule has 3 aromatic rings. The Labute approximate surface area is 206 Å². The maximum Gasteiger partial charge on any atom is 0.237 e. The minimum atomic E-state index is -3.71. The van der Waals surface area contributed by atoms with Crippen LogP contribution in [-0.2, 0) is 14.8 Å². The molecule has 1 aliphatic carbocycles. The lowest BCUT2D eigenvalue weighted by Gasteiger charge is -2.43. The Hall–Kier alpha value is -3.09. The summed E-state index contributed by atoms with van der Waals surface area (Å²) in [5.41, 5.74) is 9.65. The Morgan fingerprint density at radius 1 is 1.17 bits per heavy atom. The number of nitrogens with zero attached hydrogens (tertiary/aromatic N) is 2. The number of fused-ring (bicyclic) bond motifs is 1. The van der Waals surface area contributed by atoms with Crippen molar-refractivity contribution in [2.45, 2.75) is 30.6 Å². The maximum atomic E-state index is 13.7. The fourth-order valence-corrected chi connectivity index (χ4v) is 7.22. The molecule has 1 saturated heterocycles. The summed E-state index contributed by atoms with van der Waals surface area (Å²) >= 11 is 1.10. The highest BCUT2D eigenvalue weighted by Gasteiger charge is 2.47. The number of hydrogen-bond acceptors (Lipinski definition) is 8. The summed E-state index contributed by atoms with van der Waals surface area (Å²) in [6.07, 6.45) is 1.14. The van der Waals surface area contributed by atoms with Crippen molar-refractivity contribution in [1.82, 2.24) is 21.0 Å². The zero-order valence-electron chi connectivity index (χ0n) is 18.8. The van der Waals surface area contributed by atoms with E-state index in [0.717, 1.165) is 28.0 Å². The van der Waals surface area contributed by atoms with Gasteiger partial charge < -0.3 is 4.74 Å². The van der Waals surface area contributed by atoms with E-state index in [1.54, 1.807) is 13.2 Å². The fraction of sp³-hybridized carbons (Fsp3) is 0.348. The molecule has 2 heterocycles. The molecule has 9 nitrogen and oxygen atoms in total. The van der Waals surface area contributed by atoms with Gasteiger partial charge in [-0.1, -0.05) is 35.6 Å². The van der Waals surface area contributed by atoms with Crippen LogP contribution in [0.25, 0.3) is 11.1 Å². The van der Waals surface area contributed by atoms with Gasteiger partial charge in [-0.3, -0.25) is 14.9 Å². The lowest BCUT2D eigenvalue weighted by molar-refractivity contribution is -0.133. The molecule has 35 heavy (non-hydrogen) atoms. The van der Waals surface area contributed by atoms with Crippen LogP contribution in [0.2, 0.25) is 0 Å². The van der Waals surface area contributed by atoms with Gasteiger partial charge in [-0.05, 0) is 54.5 Å². The number of rotatable bonds is 6. The number of sulfonamides is 1. The number of carbonyl (C=O) groups excluding carboxylic acids is 1. The summed E-state index contributed by atoms with van der Waals surface area (Å²) in [6, 6.07) is 11.7. The first-order valence-electron chi connectivity index (χ1n) is 11.1. The second kappa shape index (κ2) is 9.51. The summed E-state index contributed by atoms with van der Waals surface area (Å²) in [5, 5.41) is 6.91. The molecule has 5 rings (SSSR count). The zero-order valence-corrected chi connectivity index (χ0v) is 20.4. The highest BCUT2D eigenvalue weighted by Crippen LogP contribution is 2.45. The van der Waals surface area contributed by atoms with Crippen molar-refractivity contribution in [3.8, 4) is 16.9 Å². The monoisotopic (exact) mass is 517 g/mol. The molecular formula is C23H24FN5O4S2. The van der Waals surface area contributed by atoms with Crippen LogP contribution in [0.15, 0.2) is 48.0 Å². The maximum absolute atomic E-state index is 13.7. The van der Waals surface area contributed by atoms with Gasteiger partial charge in [-0.15, -0.1) is 10.2 Å². The first-order valence-corrected chi connectivity index (χ1v) is 13.6. The number of ether oxygens (including phenoxy) is 1. The van der Waals surface area contributed by atoms with Crippen LogP contribution < -0.4 is 20.3 Å². The van der Waals surface area contributed by atoms with Gasteiger partial charge in [0, 0.05) is 11.5 Å². The topological polar surface area (TPSA) is 122 Å². The van der Waals surface area contributed by atoms with Gasteiger partial charge in [0.1, 0.15) is 17.1 Å². The van der Waals surface area contributed by atoms with Crippen LogP contribution in [0.4, 0.5) is 9.52 Å². The second-order valence-corrected chi connectivity index (χ2v) is 11.5. The average Bonchev–Trinajstić information content (AvgIpc) is 3.36. The first kappa shape index (κ1) is 23.6. The van der Waals surface area contributed by atoms with E-state index in [0.29, 0.717) is 18.6 Å². The molecule has 4 atom stereocenters. The highest BCUT2D eigenvalue weighted by molar-refractivity contribution is 7.93. The quantitative estimate of drug-likeness (QED) is 0.459. The molecule has 184 valence electrons. The fourth-order valence-electron chi connectivity index (χ4n) is 5.03. The minimum absolute atomic E-state index is 0.120. The van der Waals surface area contributed by atoms with Crippen LogP contribution in [0.1, 0.15) is 30.9 Å². The number of hydrazine groups is 1. The number of benzene rings is 2. The largest absolute Gasteiger partial charge is 0.496 e. The van der Waals surface area contributed by atoms with Gasteiger partial charge in [-0.2, -0.15) is 0 Å². The van der Waals surface area contributed by atoms with Crippen molar-refractivity contribution in [2.75, 3.05) is 11.8 Å². The van der Waals surface area contributed by atoms with Crippen LogP contribution in [-0.4, -0.2) is 36.9 Å². The Balaban J connectivity index is 1.39. The first-order chi connectivity index (χ1) is 16.9. The van der Waals surface area contributed by atoms with E-state index in [4.69, 9.17) is 4.74 Å². The van der Waals surface area contributed by atoms with Crippen molar-refractivity contribution < 1.29 is 22.3 Å². The zero-order chi connectivity index (χ0) is 24.6. The molecule has 4 unspecified atom stereocenters. The molecule has 3 N–H and O–H groups in total. The lowest BCUT2D eigenvalue weighted by atomic mass is 9.71. The number of halogens is 1. The summed E-state index contributed by atoms with van der Waals surface area (Å²) in [6.45, 7) is 0. The van der Waals surface area contributed by atoms with E-state index in [2.05, 4.69) is 25.8 Å². The van der Waals surface area contributed by atoms with Gasteiger partial charge in [0.25, 0.3) is 0 Å². The molecule has 12 heteroatoms. The SMILES string of the molecule is COc1cc(-c2cccc(F)c2)ccc1C1NNC(=O)C2CC(S(=O)(=O)Nc3nncs3)CCC21. The smallest absolute Gasteiger partial charge is 0.237 e. The standard InChI is InChI=1S/C23H24FN5O4S2/c1-33-20-10-14(13-3-2-4-15(24)9-13)5-7-18(20)21-17-8-6-16(11-19(17)22(30)27-26-21)35(31,32)29-23-28-25-12-34-23/h2-5,7,9-10,12,16-17,19,21,26H,6,8,11H2,1H3,(H,27,30)(H,28,29). The second-order valence-electron chi connectivity index (χ2n) is 8.67. The third-order valence-electron chi connectivity index (χ3n) is 6.73. The van der Waals surface area contributed by atoms with E-state index in [1.165, 1.54) is 17.6 Å². The van der Waals surface area contributed by atoms with Crippen LogP contribution >= 0.6 is 11.3 Å². The van der Waals surface area contributed by atoms with Crippen LogP contribution in [0.5, 0.6) is 5.75 Å². The van der Waals surface area contributed by atoms with Gasteiger partial charge in [-0.25, -0.2) is 18.2 Å². The van der Waals surface area contributed by atoms with E-state index in [1.807, 2.05) is 24.3 Å². The number of methoxy groups -OCH3 is 1. The molecule has 1 saturated carbocycles. The summed E-state index contributed by atoms with van der Waals surface area (Å²) in [4.78, 5) is 12.7. The summed E-state index contributed by atoms with van der Waals surface area (Å²) in [5.74, 6) is -0.550. The minimum Gasteiger partial charge on any atom is -0.496 e. The van der Waals surface area contributed by atoms with Crippen molar-refractivity contribution in [3.05, 3.63) is 59.4 Å². The Morgan fingerprint density at radius 3 is 2.74 bits per heavy atom. The van der Waals surface area contributed by atoms with Gasteiger partial charge >= 0.3 is 0 Å². The Morgan fingerprint density at radius 2 is 2.00 bits per heavy atom. The molecule has 1 aromatic heterocycles. The molecule has 0 spiro atoms. The molecule has 2 aromatic carbocycles. The van der Waals surface area contributed by atoms with E-state index >= 15 is 0 Å². The lowest BCUT2D eigenvalue weighted by Crippen LogP contribution is -2.57. The number of aromatic nitrogens is 2. The van der Waals surface area contributed by atoms with E-state index < -0.39 is 21.2 Å². The van der Waals surface area contributed by atoms with Crippen molar-refractivity contribution in [1.29, 1.82) is 0 Å². The van der Waals surface area contributed by atoms with Gasteiger partial charge in [0.15, 0.2) is 0 Å². The van der Waals surface area contributed by atoms with E-state index in [-0.39, 0.29) is 35.2 Å². The van der Waals surface area contributed by atoms with Crippen molar-refractivity contribution in [2.24, 2.45) is 11.8 Å². The van der Waals surface area contributed by atoms with Crippen molar-refractivity contribution in [3.63, 3.8) is 0 Å². The van der Waals surface area contributed by atoms with E-state index in [9.17, 15) is 17.6 Å². The van der Waals surface area contributed by atoms with Crippen LogP contribution in [0.3, 0.4) is 0 Å². The van der Waals surface area contributed by atoms with Gasteiger partial charge in [0.2, 0.25) is 21.1 Å².